The number of nitrogens with one attached hydrogen (secondary N) is 2. The van der Waals surface area contributed by atoms with Crippen LogP contribution in [0.5, 0.6) is 0 Å². The first kappa shape index (κ1) is 15.0. The Hall–Kier alpha value is -1.37. The summed E-state index contributed by atoms with van der Waals surface area (Å²) >= 11 is 0. The van der Waals surface area contributed by atoms with Gasteiger partial charge in [0.2, 0.25) is 0 Å². The molecule has 0 saturated carbocycles. The van der Waals surface area contributed by atoms with Crippen molar-refractivity contribution in [2.24, 2.45) is 0 Å². The summed E-state index contributed by atoms with van der Waals surface area (Å²) in [5.41, 5.74) is -1.78. The zero-order valence-electron chi connectivity index (χ0n) is 10.6. The predicted octanol–water partition coefficient (Wildman–Crippen LogP) is 3.81. The highest BCUT2D eigenvalue weighted by atomic mass is 19.4. The molecule has 0 bridgehead atoms. The number of hydrogen-bond acceptors (Lipinski definition) is 2. The number of alkyl halides is 5. The molecule has 1 aromatic rings. The standard InChI is InChI=1S/C13H15F5N2/c14-12(15)8-1-2-11(10(7-8)13(16,17)18)20-9-3-5-19-6-4-9/h1-2,7,9,12,19-20H,3-6H2. The van der Waals surface area contributed by atoms with Crippen LogP contribution in [0.3, 0.4) is 0 Å². The molecule has 1 aliphatic heterocycles. The largest absolute Gasteiger partial charge is 0.418 e. The maximum atomic E-state index is 12.9. The molecule has 0 amide bonds. The second-order valence-corrected chi connectivity index (χ2v) is 4.77. The fourth-order valence-corrected chi connectivity index (χ4v) is 2.24. The van der Waals surface area contributed by atoms with Crippen molar-refractivity contribution in [3.8, 4) is 0 Å². The maximum absolute atomic E-state index is 12.9. The lowest BCUT2D eigenvalue weighted by atomic mass is 10.0. The van der Waals surface area contributed by atoms with E-state index < -0.39 is 23.7 Å². The van der Waals surface area contributed by atoms with Gasteiger partial charge in [-0.05, 0) is 38.1 Å². The van der Waals surface area contributed by atoms with Crippen molar-refractivity contribution in [2.75, 3.05) is 18.4 Å². The Morgan fingerprint density at radius 1 is 1.15 bits per heavy atom. The molecular weight excluding hydrogens is 279 g/mol. The number of halogens is 5. The van der Waals surface area contributed by atoms with Gasteiger partial charge < -0.3 is 10.6 Å². The van der Waals surface area contributed by atoms with Gasteiger partial charge in [-0.1, -0.05) is 6.07 Å². The second-order valence-electron chi connectivity index (χ2n) is 4.77. The Balaban J connectivity index is 2.26. The molecule has 0 aromatic heterocycles. The zero-order valence-corrected chi connectivity index (χ0v) is 10.6. The molecular formula is C13H15F5N2. The molecule has 0 radical (unpaired) electrons. The molecule has 1 aliphatic rings. The summed E-state index contributed by atoms with van der Waals surface area (Å²) in [6, 6.07) is 2.57. The van der Waals surface area contributed by atoms with Crippen molar-refractivity contribution in [2.45, 2.75) is 31.5 Å². The SMILES string of the molecule is FC(F)c1ccc(NC2CCNCC2)c(C(F)(F)F)c1. The van der Waals surface area contributed by atoms with E-state index in [0.29, 0.717) is 18.9 Å². The molecule has 7 heteroatoms. The fourth-order valence-electron chi connectivity index (χ4n) is 2.24. The second kappa shape index (κ2) is 5.95. The molecule has 2 rings (SSSR count). The molecule has 112 valence electrons. The van der Waals surface area contributed by atoms with Gasteiger partial charge in [-0.3, -0.25) is 0 Å². The Labute approximate surface area is 113 Å². The van der Waals surface area contributed by atoms with Gasteiger partial charge in [0.25, 0.3) is 6.43 Å². The van der Waals surface area contributed by atoms with E-state index in [1.807, 2.05) is 0 Å². The minimum Gasteiger partial charge on any atom is -0.382 e. The average Bonchev–Trinajstić information content (AvgIpc) is 2.39. The van der Waals surface area contributed by atoms with Crippen LogP contribution in [0, 0.1) is 0 Å². The monoisotopic (exact) mass is 294 g/mol. The molecule has 20 heavy (non-hydrogen) atoms. The number of benzene rings is 1. The van der Waals surface area contributed by atoms with Gasteiger partial charge in [-0.15, -0.1) is 0 Å². The molecule has 2 N–H and O–H groups in total. The Morgan fingerprint density at radius 3 is 2.35 bits per heavy atom. The summed E-state index contributed by atoms with van der Waals surface area (Å²) in [5, 5.41) is 5.93. The highest BCUT2D eigenvalue weighted by Crippen LogP contribution is 2.37. The molecule has 1 fully saturated rings. The summed E-state index contributed by atoms with van der Waals surface area (Å²) in [5.74, 6) is 0. The van der Waals surface area contributed by atoms with E-state index in [-0.39, 0.29) is 11.7 Å². The summed E-state index contributed by atoms with van der Waals surface area (Å²) in [6.07, 6.45) is -6.16. The predicted molar refractivity (Wildman–Crippen MR) is 65.9 cm³/mol. The van der Waals surface area contributed by atoms with Crippen LogP contribution >= 0.6 is 0 Å². The van der Waals surface area contributed by atoms with Crippen molar-refractivity contribution in [3.63, 3.8) is 0 Å². The Morgan fingerprint density at radius 2 is 1.80 bits per heavy atom. The molecule has 0 atom stereocenters. The molecule has 2 nitrogen and oxygen atoms in total. The van der Waals surface area contributed by atoms with Gasteiger partial charge in [0.05, 0.1) is 5.56 Å². The lowest BCUT2D eigenvalue weighted by Gasteiger charge is -2.26. The third kappa shape index (κ3) is 3.59. The van der Waals surface area contributed by atoms with Crippen LogP contribution in [0.1, 0.15) is 30.4 Å². The third-order valence-corrected chi connectivity index (χ3v) is 3.30. The first-order chi connectivity index (χ1) is 9.38. The van der Waals surface area contributed by atoms with Crippen LogP contribution in [-0.4, -0.2) is 19.1 Å². The van der Waals surface area contributed by atoms with Crippen LogP contribution in [0.25, 0.3) is 0 Å². The number of anilines is 1. The number of hydrogen-bond donors (Lipinski definition) is 2. The summed E-state index contributed by atoms with van der Waals surface area (Å²) in [7, 11) is 0. The van der Waals surface area contributed by atoms with Gasteiger partial charge in [0.15, 0.2) is 0 Å². The van der Waals surface area contributed by atoms with E-state index in [2.05, 4.69) is 10.6 Å². The zero-order chi connectivity index (χ0) is 14.8. The lowest BCUT2D eigenvalue weighted by Crippen LogP contribution is -2.35. The number of piperidine rings is 1. The summed E-state index contributed by atoms with van der Waals surface area (Å²) < 4.78 is 63.9. The average molecular weight is 294 g/mol. The summed E-state index contributed by atoms with van der Waals surface area (Å²) in [6.45, 7) is 1.46. The fraction of sp³-hybridized carbons (Fsp3) is 0.538. The minimum absolute atomic E-state index is 0.0743. The van der Waals surface area contributed by atoms with Crippen LogP contribution in [0.15, 0.2) is 18.2 Å². The van der Waals surface area contributed by atoms with E-state index in [1.165, 1.54) is 0 Å². The van der Waals surface area contributed by atoms with E-state index in [4.69, 9.17) is 0 Å². The van der Waals surface area contributed by atoms with E-state index in [1.54, 1.807) is 0 Å². The minimum atomic E-state index is -4.65. The van der Waals surface area contributed by atoms with Gasteiger partial charge >= 0.3 is 6.18 Å². The van der Waals surface area contributed by atoms with Crippen LogP contribution in [-0.2, 0) is 6.18 Å². The Bertz CT molecular complexity index is 453. The molecule has 0 spiro atoms. The summed E-state index contributed by atoms with van der Waals surface area (Å²) in [4.78, 5) is 0. The van der Waals surface area contributed by atoms with Gasteiger partial charge in [0, 0.05) is 17.3 Å². The van der Waals surface area contributed by atoms with Gasteiger partial charge in [0.1, 0.15) is 0 Å². The first-order valence-corrected chi connectivity index (χ1v) is 6.34. The van der Waals surface area contributed by atoms with Crippen LogP contribution in [0.2, 0.25) is 0 Å². The van der Waals surface area contributed by atoms with Crippen molar-refractivity contribution < 1.29 is 22.0 Å². The molecule has 0 aliphatic carbocycles. The smallest absolute Gasteiger partial charge is 0.382 e. The van der Waals surface area contributed by atoms with Crippen molar-refractivity contribution in [3.05, 3.63) is 29.3 Å². The molecule has 1 aromatic carbocycles. The molecule has 0 unspecified atom stereocenters. The van der Waals surface area contributed by atoms with Crippen molar-refractivity contribution in [1.29, 1.82) is 0 Å². The quantitative estimate of drug-likeness (QED) is 0.828. The normalized spacial score (nSPS) is 17.5. The van der Waals surface area contributed by atoms with Crippen molar-refractivity contribution >= 4 is 5.69 Å². The van der Waals surface area contributed by atoms with E-state index in [9.17, 15) is 22.0 Å². The first-order valence-electron chi connectivity index (χ1n) is 6.34. The van der Waals surface area contributed by atoms with Crippen LogP contribution in [0.4, 0.5) is 27.6 Å². The molecule has 1 saturated heterocycles. The van der Waals surface area contributed by atoms with E-state index in [0.717, 1.165) is 25.2 Å². The maximum Gasteiger partial charge on any atom is 0.418 e. The van der Waals surface area contributed by atoms with Gasteiger partial charge in [-0.25, -0.2) is 8.78 Å². The van der Waals surface area contributed by atoms with Crippen LogP contribution < -0.4 is 10.6 Å². The Kier molecular flexibility index (Phi) is 4.47. The van der Waals surface area contributed by atoms with Gasteiger partial charge in [-0.2, -0.15) is 13.2 Å². The highest BCUT2D eigenvalue weighted by molar-refractivity contribution is 5.55. The number of rotatable bonds is 3. The van der Waals surface area contributed by atoms with E-state index >= 15 is 0 Å². The van der Waals surface area contributed by atoms with Crippen molar-refractivity contribution in [1.82, 2.24) is 5.32 Å². The molecule has 1 heterocycles. The highest BCUT2D eigenvalue weighted by Gasteiger charge is 2.35. The third-order valence-electron chi connectivity index (χ3n) is 3.30. The lowest BCUT2D eigenvalue weighted by molar-refractivity contribution is -0.137. The topological polar surface area (TPSA) is 24.1 Å².